The molecular weight excluding hydrogens is 640 g/mol. The van der Waals surface area contributed by atoms with Gasteiger partial charge in [-0.15, -0.1) is 6.58 Å². The van der Waals surface area contributed by atoms with E-state index >= 15 is 0 Å². The summed E-state index contributed by atoms with van der Waals surface area (Å²) in [6.07, 6.45) is 2.17. The first-order chi connectivity index (χ1) is 23.5. The van der Waals surface area contributed by atoms with E-state index in [0.29, 0.717) is 76.6 Å². The fraction of sp³-hybridized carbons (Fsp3) is 0.256. The number of halogens is 1. The van der Waals surface area contributed by atoms with E-state index < -0.39 is 17.7 Å². The molecule has 10 heteroatoms. The predicted octanol–water partition coefficient (Wildman–Crippen LogP) is 8.58. The van der Waals surface area contributed by atoms with Gasteiger partial charge in [0.2, 0.25) is 0 Å². The first-order valence-electron chi connectivity index (χ1n) is 16.1. The molecule has 2 aromatic heterocycles. The molecule has 1 aliphatic heterocycles. The summed E-state index contributed by atoms with van der Waals surface area (Å²) in [5.74, 6) is 0.241. The minimum atomic E-state index is -1.36. The molecule has 0 radical (unpaired) electrons. The van der Waals surface area contributed by atoms with Gasteiger partial charge in [-0.05, 0) is 69.2 Å². The molecule has 49 heavy (non-hydrogen) atoms. The second kappa shape index (κ2) is 13.8. The smallest absolute Gasteiger partial charge is 0.337 e. The highest BCUT2D eigenvalue weighted by atomic mass is 35.5. The van der Waals surface area contributed by atoms with E-state index in [0.717, 1.165) is 22.4 Å². The summed E-state index contributed by atoms with van der Waals surface area (Å²) in [7, 11) is 0. The summed E-state index contributed by atoms with van der Waals surface area (Å²) in [6.45, 7) is 17.0. The Morgan fingerprint density at radius 3 is 2.51 bits per heavy atom. The Bertz CT molecular complexity index is 2070. The number of aromatic nitrogens is 3. The largest absolute Gasteiger partial charge is 0.490 e. The Morgan fingerprint density at radius 1 is 1.06 bits per heavy atom. The standard InChI is InChI=1S/C39H39ClN4O5/c1-7-17-43-18-20-48-31-16-15-29(34(40)36(31)43)35-33(37(38(45)46)49-39(4,5)6)24(3)41-32-23-30(42-44(32)35)27-13-9-11-25(21-27)26-12-10-14-28(22-26)47-19-8-2/h7-16,21-23,37H,1-2,17-20H2,3-6H3,(H,45,46). The Labute approximate surface area is 291 Å². The van der Waals surface area contributed by atoms with Gasteiger partial charge in [-0.2, -0.15) is 5.10 Å². The number of anilines is 1. The Kier molecular flexibility index (Phi) is 9.50. The lowest BCUT2D eigenvalue weighted by Gasteiger charge is -2.32. The van der Waals surface area contributed by atoms with Gasteiger partial charge in [-0.25, -0.2) is 14.3 Å². The molecule has 6 rings (SSSR count). The van der Waals surface area contributed by atoms with Gasteiger partial charge >= 0.3 is 5.97 Å². The van der Waals surface area contributed by atoms with Crippen LogP contribution in [-0.4, -0.2) is 57.6 Å². The molecule has 3 aromatic carbocycles. The zero-order valence-electron chi connectivity index (χ0n) is 28.1. The summed E-state index contributed by atoms with van der Waals surface area (Å²) in [5, 5.41) is 16.0. The van der Waals surface area contributed by atoms with E-state index in [2.05, 4.69) is 24.1 Å². The van der Waals surface area contributed by atoms with Gasteiger partial charge in [0.25, 0.3) is 0 Å². The second-order valence-electron chi connectivity index (χ2n) is 12.8. The number of fused-ring (bicyclic) bond motifs is 2. The van der Waals surface area contributed by atoms with Crippen LogP contribution in [0.1, 0.15) is 38.1 Å². The van der Waals surface area contributed by atoms with Crippen molar-refractivity contribution in [1.29, 1.82) is 0 Å². The van der Waals surface area contributed by atoms with Crippen molar-refractivity contribution in [3.63, 3.8) is 0 Å². The molecule has 0 aliphatic carbocycles. The number of ether oxygens (including phenoxy) is 3. The molecule has 1 N–H and O–H groups in total. The van der Waals surface area contributed by atoms with Crippen molar-refractivity contribution in [3.05, 3.63) is 108 Å². The van der Waals surface area contributed by atoms with Gasteiger partial charge in [0.05, 0.1) is 34.2 Å². The Morgan fingerprint density at radius 2 is 1.80 bits per heavy atom. The van der Waals surface area contributed by atoms with Crippen molar-refractivity contribution < 1.29 is 24.1 Å². The number of hydrogen-bond acceptors (Lipinski definition) is 7. The molecule has 0 fully saturated rings. The van der Waals surface area contributed by atoms with Crippen LogP contribution in [0.5, 0.6) is 11.5 Å². The highest BCUT2D eigenvalue weighted by Crippen LogP contribution is 2.46. The van der Waals surface area contributed by atoms with Crippen LogP contribution in [0.4, 0.5) is 5.69 Å². The number of carboxylic acids is 1. The van der Waals surface area contributed by atoms with Gasteiger partial charge in [0.15, 0.2) is 11.8 Å². The third kappa shape index (κ3) is 6.90. The van der Waals surface area contributed by atoms with Crippen LogP contribution in [0.15, 0.2) is 92.0 Å². The van der Waals surface area contributed by atoms with Gasteiger partial charge in [0, 0.05) is 35.0 Å². The predicted molar refractivity (Wildman–Crippen MR) is 194 cm³/mol. The van der Waals surface area contributed by atoms with Gasteiger partial charge in [-0.1, -0.05) is 60.7 Å². The summed E-state index contributed by atoms with van der Waals surface area (Å²) in [4.78, 5) is 19.9. The quantitative estimate of drug-likeness (QED) is 0.139. The van der Waals surface area contributed by atoms with Crippen molar-refractivity contribution in [2.24, 2.45) is 0 Å². The van der Waals surface area contributed by atoms with E-state index in [1.165, 1.54) is 0 Å². The van der Waals surface area contributed by atoms with Crippen LogP contribution in [0.3, 0.4) is 0 Å². The number of aryl methyl sites for hydroxylation is 1. The maximum atomic E-state index is 12.9. The van der Waals surface area contributed by atoms with E-state index in [1.807, 2.05) is 87.5 Å². The lowest BCUT2D eigenvalue weighted by molar-refractivity contribution is -0.160. The molecular formula is C39H39ClN4O5. The molecule has 1 unspecified atom stereocenters. The van der Waals surface area contributed by atoms with E-state index in [9.17, 15) is 9.90 Å². The van der Waals surface area contributed by atoms with Crippen LogP contribution in [0.25, 0.3) is 39.3 Å². The summed E-state index contributed by atoms with van der Waals surface area (Å²) < 4.78 is 19.6. The van der Waals surface area contributed by atoms with Crippen molar-refractivity contribution in [3.8, 4) is 45.1 Å². The second-order valence-corrected chi connectivity index (χ2v) is 13.2. The fourth-order valence-electron chi connectivity index (χ4n) is 6.07. The number of benzene rings is 3. The average molecular weight is 679 g/mol. The Balaban J connectivity index is 1.57. The summed E-state index contributed by atoms with van der Waals surface area (Å²) >= 11 is 7.27. The van der Waals surface area contributed by atoms with Gasteiger partial charge < -0.3 is 24.2 Å². The minimum Gasteiger partial charge on any atom is -0.490 e. The molecule has 0 amide bonds. The zero-order valence-corrected chi connectivity index (χ0v) is 28.8. The molecule has 0 saturated carbocycles. The van der Waals surface area contributed by atoms with Crippen LogP contribution in [0, 0.1) is 6.92 Å². The molecule has 0 saturated heterocycles. The fourth-order valence-corrected chi connectivity index (χ4v) is 6.43. The molecule has 3 heterocycles. The number of carboxylic acid groups (broad SMARTS) is 1. The number of hydrogen-bond donors (Lipinski definition) is 1. The molecule has 252 valence electrons. The summed E-state index contributed by atoms with van der Waals surface area (Å²) in [5.41, 5.74) is 5.85. The number of rotatable bonds is 11. The van der Waals surface area contributed by atoms with Gasteiger partial charge in [-0.3, -0.25) is 0 Å². The number of aliphatic carboxylic acids is 1. The zero-order chi connectivity index (χ0) is 34.9. The third-order valence-electron chi connectivity index (χ3n) is 8.10. The highest BCUT2D eigenvalue weighted by Gasteiger charge is 2.35. The molecule has 5 aromatic rings. The molecule has 1 aliphatic rings. The summed E-state index contributed by atoms with van der Waals surface area (Å²) in [6, 6.07) is 21.5. The van der Waals surface area contributed by atoms with Crippen molar-refractivity contribution in [1.82, 2.24) is 14.6 Å². The normalized spacial score (nSPS) is 13.4. The monoisotopic (exact) mass is 678 g/mol. The molecule has 9 nitrogen and oxygen atoms in total. The maximum Gasteiger partial charge on any atom is 0.337 e. The van der Waals surface area contributed by atoms with E-state index in [-0.39, 0.29) is 0 Å². The molecule has 0 bridgehead atoms. The Hall–Kier alpha value is -5.12. The topological polar surface area (TPSA) is 98.4 Å². The third-order valence-corrected chi connectivity index (χ3v) is 8.48. The van der Waals surface area contributed by atoms with Crippen LogP contribution in [0.2, 0.25) is 5.02 Å². The minimum absolute atomic E-state index is 0.364. The lowest BCUT2D eigenvalue weighted by atomic mass is 9.97. The van der Waals surface area contributed by atoms with Crippen LogP contribution in [-0.2, 0) is 9.53 Å². The van der Waals surface area contributed by atoms with Crippen LogP contribution >= 0.6 is 11.6 Å². The SMILES string of the molecule is C=CCOc1cccc(-c2cccc(-c3cc4nc(C)c(C(OC(C)(C)C)C(=O)O)c(-c5ccc6c(c5Cl)N(CC=C)CCO6)n4n3)c2)c1. The lowest BCUT2D eigenvalue weighted by Crippen LogP contribution is -2.33. The number of nitrogens with zero attached hydrogens (tertiary/aromatic N) is 4. The van der Waals surface area contributed by atoms with Crippen LogP contribution < -0.4 is 14.4 Å². The van der Waals surface area contributed by atoms with Crippen molar-refractivity contribution in [2.45, 2.75) is 39.4 Å². The van der Waals surface area contributed by atoms with E-state index in [1.54, 1.807) is 17.5 Å². The molecule has 1 atom stereocenters. The number of carbonyl (C=O) groups is 1. The van der Waals surface area contributed by atoms with E-state index in [4.69, 9.17) is 35.9 Å². The van der Waals surface area contributed by atoms with Crippen molar-refractivity contribution >= 4 is 28.9 Å². The van der Waals surface area contributed by atoms with Crippen molar-refractivity contribution in [2.75, 3.05) is 31.2 Å². The first kappa shape index (κ1) is 33.8. The average Bonchev–Trinajstić information content (AvgIpc) is 3.50. The first-order valence-corrected chi connectivity index (χ1v) is 16.4. The highest BCUT2D eigenvalue weighted by molar-refractivity contribution is 6.36. The molecule has 0 spiro atoms. The van der Waals surface area contributed by atoms with Gasteiger partial charge in [0.1, 0.15) is 24.7 Å². The maximum absolute atomic E-state index is 12.9.